The molecule has 1 unspecified atom stereocenters. The number of hydrogen-bond donors (Lipinski definition) is 1. The van der Waals surface area contributed by atoms with Crippen molar-refractivity contribution in [3.63, 3.8) is 0 Å². The predicted octanol–water partition coefficient (Wildman–Crippen LogP) is 4.42. The molecule has 1 atom stereocenters. The number of nitrogens with one attached hydrogen (secondary N) is 1. The molecule has 144 valence electrons. The number of piperidine rings is 1. The highest BCUT2D eigenvalue weighted by molar-refractivity contribution is 5.94. The first kappa shape index (κ1) is 19.4. The third-order valence-electron chi connectivity index (χ3n) is 5.46. The maximum atomic E-state index is 12.5. The number of carbonyl (C=O) groups is 1. The molecule has 1 fully saturated rings. The van der Waals surface area contributed by atoms with E-state index >= 15 is 0 Å². The molecule has 1 N–H and O–H groups in total. The second kappa shape index (κ2) is 9.05. The van der Waals surface area contributed by atoms with Crippen molar-refractivity contribution in [2.45, 2.75) is 39.3 Å². The zero-order chi connectivity index (χ0) is 19.2. The summed E-state index contributed by atoms with van der Waals surface area (Å²) < 4.78 is 5.18. The normalized spacial score (nSPS) is 16.7. The van der Waals surface area contributed by atoms with Gasteiger partial charge in [0, 0.05) is 12.1 Å². The van der Waals surface area contributed by atoms with Crippen molar-refractivity contribution in [1.82, 2.24) is 10.2 Å². The average molecular weight is 367 g/mol. The van der Waals surface area contributed by atoms with Gasteiger partial charge in [-0.3, -0.25) is 9.69 Å². The maximum Gasteiger partial charge on any atom is 0.251 e. The summed E-state index contributed by atoms with van der Waals surface area (Å²) in [4.78, 5) is 15.0. The number of rotatable bonds is 6. The van der Waals surface area contributed by atoms with Gasteiger partial charge in [-0.05, 0) is 74.2 Å². The first-order valence-corrected chi connectivity index (χ1v) is 9.81. The van der Waals surface area contributed by atoms with E-state index in [-0.39, 0.29) is 11.9 Å². The molecule has 1 aliphatic rings. The fourth-order valence-electron chi connectivity index (χ4n) is 3.50. The van der Waals surface area contributed by atoms with Crippen LogP contribution in [0.15, 0.2) is 48.5 Å². The molecule has 3 rings (SSSR count). The molecule has 0 saturated carbocycles. The van der Waals surface area contributed by atoms with E-state index in [2.05, 4.69) is 29.3 Å². The molecular weight excluding hydrogens is 336 g/mol. The Morgan fingerprint density at radius 1 is 1.11 bits per heavy atom. The number of amides is 1. The topological polar surface area (TPSA) is 41.6 Å². The standard InChI is InChI=1S/C23H30N2O2/c1-17-12-14-25(15-13-17)16-19-4-6-21(7-5-19)23(26)24-18(2)20-8-10-22(27-3)11-9-20/h4-11,17-18H,12-16H2,1-3H3,(H,24,26). The van der Waals surface area contributed by atoms with Crippen LogP contribution in [0.1, 0.15) is 54.2 Å². The van der Waals surface area contributed by atoms with Crippen molar-refractivity contribution in [3.05, 3.63) is 65.2 Å². The molecule has 1 heterocycles. The van der Waals surface area contributed by atoms with Gasteiger partial charge in [-0.25, -0.2) is 0 Å². The second-order valence-corrected chi connectivity index (χ2v) is 7.62. The number of nitrogens with zero attached hydrogens (tertiary/aromatic N) is 1. The zero-order valence-corrected chi connectivity index (χ0v) is 16.6. The molecule has 27 heavy (non-hydrogen) atoms. The van der Waals surface area contributed by atoms with Gasteiger partial charge in [0.15, 0.2) is 0 Å². The molecule has 0 radical (unpaired) electrons. The molecule has 0 spiro atoms. The van der Waals surface area contributed by atoms with Crippen molar-refractivity contribution >= 4 is 5.91 Å². The van der Waals surface area contributed by atoms with Gasteiger partial charge in [0.1, 0.15) is 5.75 Å². The van der Waals surface area contributed by atoms with Gasteiger partial charge in [-0.2, -0.15) is 0 Å². The Bertz CT molecular complexity index is 732. The highest BCUT2D eigenvalue weighted by Crippen LogP contribution is 2.19. The van der Waals surface area contributed by atoms with Gasteiger partial charge >= 0.3 is 0 Å². The van der Waals surface area contributed by atoms with Crippen LogP contribution in [0.3, 0.4) is 0 Å². The maximum absolute atomic E-state index is 12.5. The summed E-state index contributed by atoms with van der Waals surface area (Å²) in [7, 11) is 1.65. The van der Waals surface area contributed by atoms with Crippen molar-refractivity contribution in [2.24, 2.45) is 5.92 Å². The lowest BCUT2D eigenvalue weighted by Gasteiger charge is -2.30. The third kappa shape index (κ3) is 5.33. The summed E-state index contributed by atoms with van der Waals surface area (Å²) in [6.07, 6.45) is 2.56. The van der Waals surface area contributed by atoms with Crippen molar-refractivity contribution < 1.29 is 9.53 Å². The summed E-state index contributed by atoms with van der Waals surface area (Å²) in [6.45, 7) is 7.63. The third-order valence-corrected chi connectivity index (χ3v) is 5.46. The van der Waals surface area contributed by atoms with E-state index in [1.165, 1.54) is 31.5 Å². The average Bonchev–Trinajstić information content (AvgIpc) is 2.70. The minimum atomic E-state index is -0.0570. The van der Waals surface area contributed by atoms with Gasteiger partial charge in [-0.1, -0.05) is 31.2 Å². The van der Waals surface area contributed by atoms with E-state index in [1.54, 1.807) is 7.11 Å². The van der Waals surface area contributed by atoms with Gasteiger partial charge in [0.2, 0.25) is 0 Å². The molecule has 4 heteroatoms. The zero-order valence-electron chi connectivity index (χ0n) is 16.6. The van der Waals surface area contributed by atoms with Crippen LogP contribution in [0.4, 0.5) is 0 Å². The van der Waals surface area contributed by atoms with Crippen molar-refractivity contribution in [1.29, 1.82) is 0 Å². The Morgan fingerprint density at radius 3 is 2.33 bits per heavy atom. The SMILES string of the molecule is COc1ccc(C(C)NC(=O)c2ccc(CN3CCC(C)CC3)cc2)cc1. The van der Waals surface area contributed by atoms with Crippen LogP contribution in [0.2, 0.25) is 0 Å². The highest BCUT2D eigenvalue weighted by atomic mass is 16.5. The van der Waals surface area contributed by atoms with Crippen LogP contribution in [-0.2, 0) is 6.54 Å². The summed E-state index contributed by atoms with van der Waals surface area (Å²) in [5, 5.41) is 3.07. The number of carbonyl (C=O) groups excluding carboxylic acids is 1. The Kier molecular flexibility index (Phi) is 6.51. The molecule has 1 aliphatic heterocycles. The minimum absolute atomic E-state index is 0.0448. The van der Waals surface area contributed by atoms with E-state index in [0.29, 0.717) is 5.56 Å². The summed E-state index contributed by atoms with van der Waals surface area (Å²) in [5.41, 5.74) is 3.02. The van der Waals surface area contributed by atoms with Crippen LogP contribution in [0.25, 0.3) is 0 Å². The smallest absolute Gasteiger partial charge is 0.251 e. The van der Waals surface area contributed by atoms with Crippen LogP contribution < -0.4 is 10.1 Å². The number of benzene rings is 2. The number of likely N-dealkylation sites (tertiary alicyclic amines) is 1. The Labute approximate surface area is 162 Å². The molecule has 0 aliphatic carbocycles. The highest BCUT2D eigenvalue weighted by Gasteiger charge is 2.16. The molecule has 1 amide bonds. The Morgan fingerprint density at radius 2 is 1.74 bits per heavy atom. The summed E-state index contributed by atoms with van der Waals surface area (Å²) in [6, 6.07) is 15.7. The van der Waals surface area contributed by atoms with Gasteiger partial charge < -0.3 is 10.1 Å². The summed E-state index contributed by atoms with van der Waals surface area (Å²) in [5.74, 6) is 1.62. The fraction of sp³-hybridized carbons (Fsp3) is 0.435. The lowest BCUT2D eigenvalue weighted by atomic mass is 9.99. The molecular formula is C23H30N2O2. The first-order chi connectivity index (χ1) is 13.0. The lowest BCUT2D eigenvalue weighted by Crippen LogP contribution is -2.32. The van der Waals surface area contributed by atoms with E-state index in [1.807, 2.05) is 43.3 Å². The quantitative estimate of drug-likeness (QED) is 0.823. The molecule has 1 saturated heterocycles. The first-order valence-electron chi connectivity index (χ1n) is 9.81. The predicted molar refractivity (Wildman–Crippen MR) is 109 cm³/mol. The van der Waals surface area contributed by atoms with E-state index < -0.39 is 0 Å². The molecule has 2 aromatic rings. The Balaban J connectivity index is 1.55. The van der Waals surface area contributed by atoms with E-state index in [4.69, 9.17) is 4.74 Å². The van der Waals surface area contributed by atoms with Crippen molar-refractivity contribution in [2.75, 3.05) is 20.2 Å². The second-order valence-electron chi connectivity index (χ2n) is 7.62. The summed E-state index contributed by atoms with van der Waals surface area (Å²) >= 11 is 0. The Hall–Kier alpha value is -2.33. The molecule has 0 aromatic heterocycles. The van der Waals surface area contributed by atoms with Crippen molar-refractivity contribution in [3.8, 4) is 5.75 Å². The van der Waals surface area contributed by atoms with Gasteiger partial charge in [0.05, 0.1) is 13.2 Å². The molecule has 2 aromatic carbocycles. The molecule has 0 bridgehead atoms. The van der Waals surface area contributed by atoms with E-state index in [9.17, 15) is 4.79 Å². The van der Waals surface area contributed by atoms with Gasteiger partial charge in [0.25, 0.3) is 5.91 Å². The van der Waals surface area contributed by atoms with E-state index in [0.717, 1.165) is 23.8 Å². The minimum Gasteiger partial charge on any atom is -0.497 e. The number of ether oxygens (including phenoxy) is 1. The fourth-order valence-corrected chi connectivity index (χ4v) is 3.50. The monoisotopic (exact) mass is 366 g/mol. The largest absolute Gasteiger partial charge is 0.497 e. The van der Waals surface area contributed by atoms with Gasteiger partial charge in [-0.15, -0.1) is 0 Å². The van der Waals surface area contributed by atoms with Crippen LogP contribution in [-0.4, -0.2) is 31.0 Å². The number of hydrogen-bond acceptors (Lipinski definition) is 3. The van der Waals surface area contributed by atoms with Crippen LogP contribution >= 0.6 is 0 Å². The lowest BCUT2D eigenvalue weighted by molar-refractivity contribution is 0.0940. The molecule has 4 nitrogen and oxygen atoms in total. The van der Waals surface area contributed by atoms with Crippen LogP contribution in [0.5, 0.6) is 5.75 Å². The number of methoxy groups -OCH3 is 1. The van der Waals surface area contributed by atoms with Crippen LogP contribution in [0, 0.1) is 5.92 Å².